The van der Waals surface area contributed by atoms with E-state index in [0.717, 1.165) is 21.8 Å². The molecule has 2 aromatic rings. The Morgan fingerprint density at radius 1 is 1.24 bits per heavy atom. The van der Waals surface area contributed by atoms with Crippen molar-refractivity contribution in [3.8, 4) is 5.75 Å². The largest absolute Gasteiger partial charge is 0.482 e. The van der Waals surface area contributed by atoms with Gasteiger partial charge in [0.25, 0.3) is 5.69 Å². The first-order valence-corrected chi connectivity index (χ1v) is 6.91. The number of benzene rings is 2. The van der Waals surface area contributed by atoms with Gasteiger partial charge < -0.3 is 4.74 Å². The maximum absolute atomic E-state index is 13.6. The maximum Gasteiger partial charge on any atom is 0.272 e. The van der Waals surface area contributed by atoms with Gasteiger partial charge in [0.15, 0.2) is 24.0 Å². The highest BCUT2D eigenvalue weighted by molar-refractivity contribution is 14.1. The van der Waals surface area contributed by atoms with Crippen molar-refractivity contribution in [2.24, 2.45) is 0 Å². The lowest BCUT2D eigenvalue weighted by Gasteiger charge is -2.06. The molecule has 0 aliphatic rings. The van der Waals surface area contributed by atoms with Crippen LogP contribution in [0.25, 0.3) is 0 Å². The monoisotopic (exact) mass is 401 g/mol. The summed E-state index contributed by atoms with van der Waals surface area (Å²) in [7, 11) is 0. The van der Waals surface area contributed by atoms with Crippen LogP contribution in [0.5, 0.6) is 5.75 Å². The third kappa shape index (κ3) is 3.97. The zero-order valence-corrected chi connectivity index (χ0v) is 12.7. The second kappa shape index (κ2) is 6.61. The zero-order chi connectivity index (χ0) is 15.4. The number of Topliss-reactive ketones (excluding diaryl/α,β-unsaturated/α-hetero) is 1. The Labute approximate surface area is 133 Å². The Balaban J connectivity index is 2.04. The fourth-order valence-corrected chi connectivity index (χ4v) is 1.94. The first-order chi connectivity index (χ1) is 9.97. The number of hydrogen-bond donors (Lipinski definition) is 0. The molecule has 0 N–H and O–H groups in total. The van der Waals surface area contributed by atoms with Crippen LogP contribution < -0.4 is 4.74 Å². The molecule has 0 bridgehead atoms. The summed E-state index contributed by atoms with van der Waals surface area (Å²) in [4.78, 5) is 21.6. The Bertz CT molecular complexity index is 688. The molecule has 0 atom stereocenters. The van der Waals surface area contributed by atoms with Crippen LogP contribution in [0.15, 0.2) is 42.5 Å². The zero-order valence-electron chi connectivity index (χ0n) is 10.6. The van der Waals surface area contributed by atoms with Crippen LogP contribution in [0.3, 0.4) is 0 Å². The molecule has 0 amide bonds. The van der Waals surface area contributed by atoms with E-state index in [2.05, 4.69) is 22.6 Å². The van der Waals surface area contributed by atoms with Crippen molar-refractivity contribution in [3.05, 3.63) is 67.5 Å². The number of ether oxygens (including phenoxy) is 1. The molecule has 0 aliphatic carbocycles. The molecule has 0 radical (unpaired) electrons. The minimum Gasteiger partial charge on any atom is -0.482 e. The van der Waals surface area contributed by atoms with Gasteiger partial charge in [0, 0.05) is 15.2 Å². The minimum atomic E-state index is -0.875. The number of nitrogens with zero attached hydrogens (tertiary/aromatic N) is 1. The van der Waals surface area contributed by atoms with Crippen molar-refractivity contribution in [2.45, 2.75) is 0 Å². The third-order valence-electron chi connectivity index (χ3n) is 2.65. The van der Waals surface area contributed by atoms with E-state index in [4.69, 9.17) is 4.74 Å². The molecule has 0 saturated heterocycles. The first kappa shape index (κ1) is 15.4. The van der Waals surface area contributed by atoms with Crippen molar-refractivity contribution in [3.63, 3.8) is 0 Å². The van der Waals surface area contributed by atoms with E-state index in [1.165, 1.54) is 0 Å². The molecule has 0 aliphatic heterocycles. The van der Waals surface area contributed by atoms with Crippen LogP contribution in [0.1, 0.15) is 10.4 Å². The van der Waals surface area contributed by atoms with Crippen LogP contribution in [0.2, 0.25) is 0 Å². The normalized spacial score (nSPS) is 10.2. The Hall–Kier alpha value is -2.03. The number of nitro groups is 1. The number of carbonyl (C=O) groups excluding carboxylic acids is 1. The average Bonchev–Trinajstić information content (AvgIpc) is 2.46. The topological polar surface area (TPSA) is 69.4 Å². The molecular formula is C14H9FINO4. The van der Waals surface area contributed by atoms with Gasteiger partial charge in [-0.15, -0.1) is 0 Å². The van der Waals surface area contributed by atoms with Gasteiger partial charge in [-0.05, 0) is 40.8 Å². The molecule has 5 nitrogen and oxygen atoms in total. The van der Waals surface area contributed by atoms with Gasteiger partial charge >= 0.3 is 0 Å². The molecule has 21 heavy (non-hydrogen) atoms. The number of hydrogen-bond acceptors (Lipinski definition) is 4. The van der Waals surface area contributed by atoms with Gasteiger partial charge in [-0.25, -0.2) is 4.39 Å². The van der Waals surface area contributed by atoms with Crippen LogP contribution in [-0.4, -0.2) is 17.3 Å². The van der Waals surface area contributed by atoms with E-state index in [1.54, 1.807) is 24.3 Å². The van der Waals surface area contributed by atoms with Crippen molar-refractivity contribution in [2.75, 3.05) is 6.61 Å². The number of carbonyl (C=O) groups is 1. The fraction of sp³-hybridized carbons (Fsp3) is 0.0714. The molecular weight excluding hydrogens is 392 g/mol. The lowest BCUT2D eigenvalue weighted by Crippen LogP contribution is -2.12. The number of nitro benzene ring substituents is 1. The van der Waals surface area contributed by atoms with Crippen molar-refractivity contribution in [1.82, 2.24) is 0 Å². The molecule has 0 heterocycles. The van der Waals surface area contributed by atoms with Crippen LogP contribution in [0.4, 0.5) is 10.1 Å². The summed E-state index contributed by atoms with van der Waals surface area (Å²) in [5.74, 6) is -1.37. The van der Waals surface area contributed by atoms with Gasteiger partial charge in [-0.3, -0.25) is 14.9 Å². The van der Waals surface area contributed by atoms with Gasteiger partial charge in [-0.2, -0.15) is 0 Å². The summed E-state index contributed by atoms with van der Waals surface area (Å²) in [5, 5.41) is 10.5. The van der Waals surface area contributed by atoms with E-state index in [-0.39, 0.29) is 23.8 Å². The first-order valence-electron chi connectivity index (χ1n) is 5.83. The molecule has 2 aromatic carbocycles. The van der Waals surface area contributed by atoms with Crippen molar-refractivity contribution >= 4 is 34.1 Å². The molecule has 2 rings (SSSR count). The SMILES string of the molecule is O=C(COc1ccc([N+](=O)[O-])cc1F)c1ccc(I)cc1. The van der Waals surface area contributed by atoms with Crippen LogP contribution in [-0.2, 0) is 0 Å². The maximum atomic E-state index is 13.6. The quantitative estimate of drug-likeness (QED) is 0.332. The summed E-state index contributed by atoms with van der Waals surface area (Å²) in [5.41, 5.74) is 0.0848. The van der Waals surface area contributed by atoms with E-state index >= 15 is 0 Å². The number of rotatable bonds is 5. The lowest BCUT2D eigenvalue weighted by molar-refractivity contribution is -0.385. The Morgan fingerprint density at radius 3 is 2.48 bits per heavy atom. The second-order valence-electron chi connectivity index (χ2n) is 4.09. The predicted octanol–water partition coefficient (Wildman–Crippen LogP) is 3.60. The van der Waals surface area contributed by atoms with Crippen molar-refractivity contribution in [1.29, 1.82) is 0 Å². The number of ketones is 1. The van der Waals surface area contributed by atoms with Gasteiger partial charge in [0.2, 0.25) is 0 Å². The van der Waals surface area contributed by atoms with Crippen molar-refractivity contribution < 1.29 is 18.8 Å². The van der Waals surface area contributed by atoms with Gasteiger partial charge in [0.1, 0.15) is 0 Å². The molecule has 0 fully saturated rings. The van der Waals surface area contributed by atoms with E-state index < -0.39 is 10.7 Å². The number of non-ortho nitro benzene ring substituents is 1. The summed E-state index contributed by atoms with van der Waals surface area (Å²) < 4.78 is 19.6. The molecule has 0 aromatic heterocycles. The average molecular weight is 401 g/mol. The smallest absolute Gasteiger partial charge is 0.272 e. The van der Waals surface area contributed by atoms with Gasteiger partial charge in [-0.1, -0.05) is 12.1 Å². The minimum absolute atomic E-state index is 0.195. The van der Waals surface area contributed by atoms with Crippen LogP contribution >= 0.6 is 22.6 Å². The summed E-state index contributed by atoms with van der Waals surface area (Å²) in [6.07, 6.45) is 0. The molecule has 0 spiro atoms. The molecule has 7 heteroatoms. The van der Waals surface area contributed by atoms with Gasteiger partial charge in [0.05, 0.1) is 11.0 Å². The fourth-order valence-electron chi connectivity index (χ4n) is 1.58. The summed E-state index contributed by atoms with van der Waals surface area (Å²) in [6, 6.07) is 9.87. The summed E-state index contributed by atoms with van der Waals surface area (Å²) >= 11 is 2.12. The molecule has 108 valence electrons. The summed E-state index contributed by atoms with van der Waals surface area (Å²) in [6.45, 7) is -0.338. The van der Waals surface area contributed by atoms with E-state index in [9.17, 15) is 19.3 Å². The highest BCUT2D eigenvalue weighted by Crippen LogP contribution is 2.22. The highest BCUT2D eigenvalue weighted by atomic mass is 127. The Kier molecular flexibility index (Phi) is 4.84. The van der Waals surface area contributed by atoms with E-state index in [0.29, 0.717) is 5.56 Å². The second-order valence-corrected chi connectivity index (χ2v) is 5.34. The predicted molar refractivity (Wildman–Crippen MR) is 82.0 cm³/mol. The standard InChI is InChI=1S/C14H9FINO4/c15-12-7-11(17(19)20)5-6-14(12)21-8-13(18)9-1-3-10(16)4-2-9/h1-7H,8H2. The van der Waals surface area contributed by atoms with Crippen LogP contribution in [0, 0.1) is 19.5 Å². The number of halogens is 2. The van der Waals surface area contributed by atoms with E-state index in [1.807, 2.05) is 0 Å². The Morgan fingerprint density at radius 2 is 1.90 bits per heavy atom. The lowest BCUT2D eigenvalue weighted by atomic mass is 10.1. The molecule has 0 saturated carbocycles. The molecule has 0 unspecified atom stereocenters. The third-order valence-corrected chi connectivity index (χ3v) is 3.37. The highest BCUT2D eigenvalue weighted by Gasteiger charge is 2.13.